The monoisotopic (exact) mass is 357 g/mol. The van der Waals surface area contributed by atoms with Crippen LogP contribution in [0.25, 0.3) is 0 Å². The van der Waals surface area contributed by atoms with Crippen LogP contribution in [0.2, 0.25) is 0 Å². The van der Waals surface area contributed by atoms with Gasteiger partial charge in [-0.25, -0.2) is 4.79 Å². The third kappa shape index (κ3) is 2.91. The molecule has 0 fully saturated rings. The first kappa shape index (κ1) is 19.8. The van der Waals surface area contributed by atoms with Crippen molar-refractivity contribution < 1.29 is 19.1 Å². The van der Waals surface area contributed by atoms with E-state index in [2.05, 4.69) is 6.58 Å². The van der Waals surface area contributed by atoms with Crippen molar-refractivity contribution in [1.82, 2.24) is 4.90 Å². The molecular weight excluding hydrogens is 330 g/mol. The number of hydrogen-bond donors (Lipinski definition) is 0. The molecule has 0 amide bonds. The molecule has 2 rings (SSSR count). The van der Waals surface area contributed by atoms with Gasteiger partial charge in [-0.3, -0.25) is 4.79 Å². The van der Waals surface area contributed by atoms with Crippen molar-refractivity contribution in [3.05, 3.63) is 59.4 Å². The quantitative estimate of drug-likeness (QED) is 0.756. The van der Waals surface area contributed by atoms with E-state index in [1.54, 1.807) is 25.8 Å². The van der Waals surface area contributed by atoms with Gasteiger partial charge >= 0.3 is 11.9 Å². The Hall–Kier alpha value is -2.56. The molecule has 5 heteroatoms. The predicted molar refractivity (Wildman–Crippen MR) is 100 cm³/mol. The molecule has 0 unspecified atom stereocenters. The molecule has 140 valence electrons. The van der Waals surface area contributed by atoms with Crippen molar-refractivity contribution in [2.45, 2.75) is 33.1 Å². The number of carbonyl (C=O) groups excluding carboxylic acids is 2. The number of rotatable bonds is 5. The van der Waals surface area contributed by atoms with E-state index in [1.807, 2.05) is 44.2 Å². The van der Waals surface area contributed by atoms with Crippen LogP contribution in [0, 0.1) is 5.92 Å². The summed E-state index contributed by atoms with van der Waals surface area (Å²) in [6.45, 7) is 12.0. The lowest BCUT2D eigenvalue weighted by Crippen LogP contribution is -2.53. The lowest BCUT2D eigenvalue weighted by Gasteiger charge is -2.47. The van der Waals surface area contributed by atoms with E-state index in [-0.39, 0.29) is 13.2 Å². The maximum atomic E-state index is 13.2. The molecule has 1 aromatic rings. The van der Waals surface area contributed by atoms with E-state index in [0.29, 0.717) is 11.3 Å². The van der Waals surface area contributed by atoms with Crippen LogP contribution in [-0.4, -0.2) is 37.1 Å². The first-order valence-electron chi connectivity index (χ1n) is 8.87. The molecule has 2 atom stereocenters. The molecule has 0 saturated carbocycles. The molecule has 5 nitrogen and oxygen atoms in total. The molecule has 1 aromatic carbocycles. The van der Waals surface area contributed by atoms with Crippen LogP contribution in [0.4, 0.5) is 0 Å². The van der Waals surface area contributed by atoms with E-state index in [9.17, 15) is 9.59 Å². The Balaban J connectivity index is 2.77. The number of hydrogen-bond acceptors (Lipinski definition) is 5. The van der Waals surface area contributed by atoms with Gasteiger partial charge in [0.05, 0.1) is 18.8 Å². The molecule has 0 aliphatic carbocycles. The summed E-state index contributed by atoms with van der Waals surface area (Å²) >= 11 is 0. The van der Waals surface area contributed by atoms with Gasteiger partial charge in [0.2, 0.25) is 0 Å². The largest absolute Gasteiger partial charge is 0.465 e. The summed E-state index contributed by atoms with van der Waals surface area (Å²) in [6, 6.07) is 9.36. The Labute approximate surface area is 155 Å². The minimum absolute atomic E-state index is 0.245. The van der Waals surface area contributed by atoms with Crippen LogP contribution in [0.5, 0.6) is 0 Å². The van der Waals surface area contributed by atoms with Gasteiger partial charge in [-0.2, -0.15) is 0 Å². The van der Waals surface area contributed by atoms with Crippen molar-refractivity contribution in [3.8, 4) is 0 Å². The van der Waals surface area contributed by atoms with Crippen molar-refractivity contribution in [3.63, 3.8) is 0 Å². The Morgan fingerprint density at radius 3 is 2.27 bits per heavy atom. The zero-order valence-corrected chi connectivity index (χ0v) is 16.2. The number of esters is 2. The van der Waals surface area contributed by atoms with E-state index in [4.69, 9.17) is 9.47 Å². The lowest BCUT2D eigenvalue weighted by atomic mass is 9.63. The number of carbonyl (C=O) groups is 2. The van der Waals surface area contributed by atoms with Gasteiger partial charge in [-0.1, -0.05) is 43.8 Å². The molecule has 26 heavy (non-hydrogen) atoms. The second-order valence-electron chi connectivity index (χ2n) is 6.34. The van der Waals surface area contributed by atoms with Crippen molar-refractivity contribution in [2.24, 2.45) is 5.92 Å². The Morgan fingerprint density at radius 1 is 1.15 bits per heavy atom. The fraction of sp³-hybridized carbons (Fsp3) is 0.429. The lowest BCUT2D eigenvalue weighted by molar-refractivity contribution is -0.151. The highest BCUT2D eigenvalue weighted by atomic mass is 16.5. The summed E-state index contributed by atoms with van der Waals surface area (Å²) in [5.41, 5.74) is 1.35. The van der Waals surface area contributed by atoms with Crippen LogP contribution in [0.3, 0.4) is 0 Å². The van der Waals surface area contributed by atoms with Crippen molar-refractivity contribution >= 4 is 11.9 Å². The fourth-order valence-electron chi connectivity index (χ4n) is 3.74. The molecule has 0 bridgehead atoms. The molecule has 1 heterocycles. The standard InChI is InChI=1S/C21H27NO4/c1-7-25-19(23)18-14(3)21(20(24)26-8-2,16(5)22(6)15(18)4)17-12-10-9-11-13-17/h9-14H,5,7-8H2,1-4,6H3/t14-,21-/m0/s1. The Kier molecular flexibility index (Phi) is 5.90. The molecular formula is C21H27NO4. The van der Waals surface area contributed by atoms with E-state index < -0.39 is 23.3 Å². The van der Waals surface area contributed by atoms with Crippen LogP contribution in [0.1, 0.15) is 33.3 Å². The molecule has 1 aliphatic rings. The van der Waals surface area contributed by atoms with Crippen LogP contribution < -0.4 is 0 Å². The Bertz CT molecular complexity index is 738. The van der Waals surface area contributed by atoms with Gasteiger partial charge in [0, 0.05) is 24.4 Å². The zero-order chi connectivity index (χ0) is 19.5. The first-order chi connectivity index (χ1) is 12.3. The highest BCUT2D eigenvalue weighted by molar-refractivity contribution is 5.96. The number of allylic oxidation sites excluding steroid dienone is 1. The van der Waals surface area contributed by atoms with Crippen LogP contribution in [-0.2, 0) is 24.5 Å². The fourth-order valence-corrected chi connectivity index (χ4v) is 3.74. The summed E-state index contributed by atoms with van der Waals surface area (Å²) in [7, 11) is 1.81. The zero-order valence-electron chi connectivity index (χ0n) is 16.2. The molecule has 1 aliphatic heterocycles. The average Bonchev–Trinajstić information content (AvgIpc) is 2.62. The SMILES string of the molecule is C=C1N(C)C(C)=C(C(=O)OCC)[C@H](C)[C@@]1(C(=O)OCC)c1ccccc1. The number of benzene rings is 1. The summed E-state index contributed by atoms with van der Waals surface area (Å²) in [5.74, 6) is -1.31. The molecule has 0 spiro atoms. The highest BCUT2D eigenvalue weighted by Crippen LogP contribution is 2.49. The Morgan fingerprint density at radius 2 is 1.73 bits per heavy atom. The van der Waals surface area contributed by atoms with Gasteiger partial charge in [-0.05, 0) is 26.3 Å². The van der Waals surface area contributed by atoms with E-state index >= 15 is 0 Å². The third-order valence-electron chi connectivity index (χ3n) is 5.16. The molecule has 0 aromatic heterocycles. The topological polar surface area (TPSA) is 55.8 Å². The van der Waals surface area contributed by atoms with Gasteiger partial charge < -0.3 is 14.4 Å². The number of likely N-dealkylation sites (N-methyl/N-ethyl adjacent to an activating group) is 1. The number of nitrogens with zero attached hydrogens (tertiary/aromatic N) is 1. The average molecular weight is 357 g/mol. The summed E-state index contributed by atoms with van der Waals surface area (Å²) < 4.78 is 10.7. The summed E-state index contributed by atoms with van der Waals surface area (Å²) in [4.78, 5) is 27.7. The van der Waals surface area contributed by atoms with Gasteiger partial charge in [-0.15, -0.1) is 0 Å². The second-order valence-corrected chi connectivity index (χ2v) is 6.34. The van der Waals surface area contributed by atoms with Gasteiger partial charge in [0.25, 0.3) is 0 Å². The predicted octanol–water partition coefficient (Wildman–Crippen LogP) is 3.42. The minimum Gasteiger partial charge on any atom is -0.465 e. The number of ether oxygens (including phenoxy) is 2. The smallest absolute Gasteiger partial charge is 0.336 e. The second kappa shape index (κ2) is 7.77. The first-order valence-corrected chi connectivity index (χ1v) is 8.87. The highest BCUT2D eigenvalue weighted by Gasteiger charge is 2.56. The van der Waals surface area contributed by atoms with E-state index in [0.717, 1.165) is 11.3 Å². The van der Waals surface area contributed by atoms with Crippen molar-refractivity contribution in [1.29, 1.82) is 0 Å². The molecule has 0 N–H and O–H groups in total. The minimum atomic E-state index is -1.19. The third-order valence-corrected chi connectivity index (χ3v) is 5.16. The normalized spacial score (nSPS) is 23.0. The van der Waals surface area contributed by atoms with Crippen molar-refractivity contribution in [2.75, 3.05) is 20.3 Å². The van der Waals surface area contributed by atoms with E-state index in [1.165, 1.54) is 0 Å². The summed E-state index contributed by atoms with van der Waals surface area (Å²) in [6.07, 6.45) is 0. The maximum Gasteiger partial charge on any atom is 0.336 e. The van der Waals surface area contributed by atoms with Gasteiger partial charge in [0.15, 0.2) is 0 Å². The summed E-state index contributed by atoms with van der Waals surface area (Å²) in [5, 5.41) is 0. The van der Waals surface area contributed by atoms with Crippen LogP contribution >= 0.6 is 0 Å². The van der Waals surface area contributed by atoms with Crippen LogP contribution in [0.15, 0.2) is 53.9 Å². The maximum absolute atomic E-state index is 13.2. The molecule has 0 radical (unpaired) electrons. The van der Waals surface area contributed by atoms with Gasteiger partial charge in [0.1, 0.15) is 5.41 Å². The molecule has 0 saturated heterocycles.